The Bertz CT molecular complexity index is 169. The van der Waals surface area contributed by atoms with E-state index in [4.69, 9.17) is 11.3 Å². The van der Waals surface area contributed by atoms with Gasteiger partial charge in [0.15, 0.2) is 0 Å². The third-order valence-corrected chi connectivity index (χ3v) is 1.64. The summed E-state index contributed by atoms with van der Waals surface area (Å²) >= 11 is 0. The van der Waals surface area contributed by atoms with Crippen molar-refractivity contribution < 1.29 is 4.84 Å². The Kier molecular flexibility index (Phi) is 3.74. The van der Waals surface area contributed by atoms with Crippen LogP contribution in [0.3, 0.4) is 0 Å². The molecule has 1 aliphatic rings. The Morgan fingerprint density at radius 3 is 3.27 bits per heavy atom. The normalized spacial score (nSPS) is 23.0. The smallest absolute Gasteiger partial charge is 0.128 e. The molecule has 0 saturated carbocycles. The summed E-state index contributed by atoms with van der Waals surface area (Å²) in [4.78, 5) is 4.98. The molecule has 2 heteroatoms. The summed E-state index contributed by atoms with van der Waals surface area (Å²) in [5.41, 5.74) is 2.89. The fourth-order valence-corrected chi connectivity index (χ4v) is 1.10. The number of terminal acetylenes is 1. The first-order valence-corrected chi connectivity index (χ1v) is 3.91. The fraction of sp³-hybridized carbons (Fsp3) is 0.556. The molecule has 11 heavy (non-hydrogen) atoms. The van der Waals surface area contributed by atoms with Gasteiger partial charge in [0.1, 0.15) is 6.61 Å². The van der Waals surface area contributed by atoms with Gasteiger partial charge in [0.2, 0.25) is 0 Å². The lowest BCUT2D eigenvalue weighted by Crippen LogP contribution is -2.28. The lowest BCUT2D eigenvalue weighted by atomic mass is 10.0. The van der Waals surface area contributed by atoms with Crippen molar-refractivity contribution in [2.45, 2.75) is 25.3 Å². The number of allylic oxidation sites excluding steroid dienone is 1. The van der Waals surface area contributed by atoms with Crippen LogP contribution in [-0.2, 0) is 4.84 Å². The van der Waals surface area contributed by atoms with E-state index >= 15 is 0 Å². The van der Waals surface area contributed by atoms with Gasteiger partial charge in [-0.25, -0.2) is 0 Å². The largest absolute Gasteiger partial charge is 0.288 e. The van der Waals surface area contributed by atoms with E-state index in [0.717, 1.165) is 6.42 Å². The molecule has 1 rings (SSSR count). The highest BCUT2D eigenvalue weighted by Gasteiger charge is 2.06. The molecule has 2 nitrogen and oxygen atoms in total. The first kappa shape index (κ1) is 8.32. The molecule has 0 aromatic heterocycles. The number of rotatable bonds is 3. The highest BCUT2D eigenvalue weighted by atomic mass is 16.6. The minimum Gasteiger partial charge on any atom is -0.288 e. The van der Waals surface area contributed by atoms with Gasteiger partial charge in [0, 0.05) is 0 Å². The topological polar surface area (TPSA) is 21.3 Å². The van der Waals surface area contributed by atoms with Crippen LogP contribution in [0, 0.1) is 12.3 Å². The van der Waals surface area contributed by atoms with Crippen molar-refractivity contribution in [1.29, 1.82) is 0 Å². The third-order valence-electron chi connectivity index (χ3n) is 1.64. The molecule has 0 amide bonds. The molecule has 1 N–H and O–H groups in total. The molecule has 60 valence electrons. The number of nitrogens with one attached hydrogen (secondary N) is 1. The van der Waals surface area contributed by atoms with Crippen LogP contribution < -0.4 is 5.48 Å². The predicted octanol–water partition coefficient (Wildman–Crippen LogP) is 1.25. The molecule has 1 unspecified atom stereocenters. The Morgan fingerprint density at radius 2 is 2.64 bits per heavy atom. The Morgan fingerprint density at radius 1 is 1.73 bits per heavy atom. The molecular weight excluding hydrogens is 138 g/mol. The summed E-state index contributed by atoms with van der Waals surface area (Å²) in [5.74, 6) is 2.40. The minimum atomic E-state index is 0.338. The van der Waals surface area contributed by atoms with Gasteiger partial charge >= 0.3 is 0 Å². The molecule has 0 fully saturated rings. The van der Waals surface area contributed by atoms with E-state index < -0.39 is 0 Å². The SMILES string of the molecule is C#CCONC1C=CCCC1. The highest BCUT2D eigenvalue weighted by molar-refractivity contribution is 4.96. The van der Waals surface area contributed by atoms with E-state index in [2.05, 4.69) is 23.6 Å². The van der Waals surface area contributed by atoms with Crippen LogP contribution in [0.15, 0.2) is 12.2 Å². The lowest BCUT2D eigenvalue weighted by Gasteiger charge is -2.16. The predicted molar refractivity (Wildman–Crippen MR) is 44.7 cm³/mol. The van der Waals surface area contributed by atoms with Crippen LogP contribution in [0.2, 0.25) is 0 Å². The van der Waals surface area contributed by atoms with Gasteiger partial charge in [0.05, 0.1) is 6.04 Å². The summed E-state index contributed by atoms with van der Waals surface area (Å²) in [6.45, 7) is 0.338. The van der Waals surface area contributed by atoms with Crippen molar-refractivity contribution in [3.05, 3.63) is 12.2 Å². The maximum atomic E-state index is 5.01. The lowest BCUT2D eigenvalue weighted by molar-refractivity contribution is 0.0464. The summed E-state index contributed by atoms with van der Waals surface area (Å²) in [6, 6.07) is 0.358. The second kappa shape index (κ2) is 4.95. The van der Waals surface area contributed by atoms with E-state index in [-0.39, 0.29) is 0 Å². The van der Waals surface area contributed by atoms with Crippen molar-refractivity contribution in [2.75, 3.05) is 6.61 Å². The first-order chi connectivity index (χ1) is 5.43. The molecule has 1 atom stereocenters. The van der Waals surface area contributed by atoms with Gasteiger partial charge in [0.25, 0.3) is 0 Å². The van der Waals surface area contributed by atoms with Crippen molar-refractivity contribution in [3.63, 3.8) is 0 Å². The number of hydroxylamine groups is 1. The monoisotopic (exact) mass is 151 g/mol. The molecule has 0 aromatic carbocycles. The Balaban J connectivity index is 2.11. The summed E-state index contributed by atoms with van der Waals surface area (Å²) in [5, 5.41) is 0. The molecule has 0 radical (unpaired) electrons. The van der Waals surface area contributed by atoms with Crippen LogP contribution in [0.25, 0.3) is 0 Å². The standard InChI is InChI=1S/C9H13NO/c1-2-8-11-10-9-6-4-3-5-7-9/h1,4,6,9-10H,3,5,7-8H2. The average molecular weight is 151 g/mol. The van der Waals surface area contributed by atoms with Crippen molar-refractivity contribution in [3.8, 4) is 12.3 Å². The number of hydrogen-bond acceptors (Lipinski definition) is 2. The third kappa shape index (κ3) is 3.22. The van der Waals surface area contributed by atoms with Gasteiger partial charge in [-0.3, -0.25) is 4.84 Å². The molecule has 0 heterocycles. The zero-order chi connectivity index (χ0) is 7.94. The van der Waals surface area contributed by atoms with Crippen LogP contribution >= 0.6 is 0 Å². The molecule has 0 aliphatic heterocycles. The van der Waals surface area contributed by atoms with E-state index in [1.807, 2.05) is 0 Å². The van der Waals surface area contributed by atoms with Crippen LogP contribution in [-0.4, -0.2) is 12.6 Å². The van der Waals surface area contributed by atoms with Gasteiger partial charge in [-0.05, 0) is 19.3 Å². The summed E-state index contributed by atoms with van der Waals surface area (Å²) in [6.07, 6.45) is 12.9. The van der Waals surface area contributed by atoms with E-state index in [0.29, 0.717) is 12.6 Å². The average Bonchev–Trinajstić information content (AvgIpc) is 2.07. The minimum absolute atomic E-state index is 0.338. The van der Waals surface area contributed by atoms with Gasteiger partial charge in [-0.15, -0.1) is 6.42 Å². The van der Waals surface area contributed by atoms with Crippen LogP contribution in [0.4, 0.5) is 0 Å². The molecule has 0 spiro atoms. The van der Waals surface area contributed by atoms with Crippen LogP contribution in [0.1, 0.15) is 19.3 Å². The zero-order valence-electron chi connectivity index (χ0n) is 6.55. The van der Waals surface area contributed by atoms with Crippen LogP contribution in [0.5, 0.6) is 0 Å². The number of hydrogen-bond donors (Lipinski definition) is 1. The Hall–Kier alpha value is -0.780. The van der Waals surface area contributed by atoms with Gasteiger partial charge in [-0.2, -0.15) is 5.48 Å². The van der Waals surface area contributed by atoms with Gasteiger partial charge < -0.3 is 0 Å². The van der Waals surface area contributed by atoms with E-state index in [1.165, 1.54) is 12.8 Å². The highest BCUT2D eigenvalue weighted by Crippen LogP contribution is 2.09. The second-order valence-corrected chi connectivity index (χ2v) is 2.58. The maximum Gasteiger partial charge on any atom is 0.128 e. The molecule has 0 aromatic rings. The van der Waals surface area contributed by atoms with Crippen molar-refractivity contribution in [1.82, 2.24) is 5.48 Å². The maximum absolute atomic E-state index is 5.01. The van der Waals surface area contributed by atoms with Gasteiger partial charge in [-0.1, -0.05) is 18.1 Å². The second-order valence-electron chi connectivity index (χ2n) is 2.58. The first-order valence-electron chi connectivity index (χ1n) is 3.91. The fourth-order valence-electron chi connectivity index (χ4n) is 1.10. The summed E-state index contributed by atoms with van der Waals surface area (Å²) in [7, 11) is 0. The van der Waals surface area contributed by atoms with Crippen molar-refractivity contribution in [2.24, 2.45) is 0 Å². The quantitative estimate of drug-likeness (QED) is 0.284. The summed E-state index contributed by atoms with van der Waals surface area (Å²) < 4.78 is 0. The Labute approximate surface area is 67.6 Å². The van der Waals surface area contributed by atoms with E-state index in [1.54, 1.807) is 0 Å². The molecular formula is C9H13NO. The zero-order valence-corrected chi connectivity index (χ0v) is 6.55. The molecule has 0 saturated heterocycles. The molecule has 1 aliphatic carbocycles. The molecule has 0 bridgehead atoms. The van der Waals surface area contributed by atoms with Crippen molar-refractivity contribution >= 4 is 0 Å². The van der Waals surface area contributed by atoms with E-state index in [9.17, 15) is 0 Å².